The van der Waals surface area contributed by atoms with Crippen molar-refractivity contribution in [2.24, 2.45) is 5.73 Å². The van der Waals surface area contributed by atoms with Gasteiger partial charge in [-0.1, -0.05) is 23.7 Å². The number of nitro benzene ring substituents is 1. The Morgan fingerprint density at radius 1 is 1.31 bits per heavy atom. The Morgan fingerprint density at radius 3 is 2.58 bits per heavy atom. The van der Waals surface area contributed by atoms with Gasteiger partial charge in [0.05, 0.1) is 22.6 Å². The van der Waals surface area contributed by atoms with Crippen LogP contribution in [0.15, 0.2) is 42.5 Å². The van der Waals surface area contributed by atoms with Gasteiger partial charge >= 0.3 is 0 Å². The molecule has 1 atom stereocenters. The predicted octanol–water partition coefficient (Wildman–Crippen LogP) is 2.08. The highest BCUT2D eigenvalue weighted by atomic mass is 35.5. The molecule has 0 aromatic heterocycles. The van der Waals surface area contributed by atoms with Crippen LogP contribution in [0, 0.1) is 10.1 Å². The summed E-state index contributed by atoms with van der Waals surface area (Å²) in [5.41, 5.74) is 5.76. The number of hydrogen-bond acceptors (Lipinski definition) is 5. The van der Waals surface area contributed by atoms with Gasteiger partial charge in [0.2, 0.25) is 5.91 Å². The normalized spacial score (nSPS) is 11.5. The first-order valence-electron chi connectivity index (χ1n) is 7.49. The molecule has 8 nitrogen and oxygen atoms in total. The molecule has 0 fully saturated rings. The fourth-order valence-corrected chi connectivity index (χ4v) is 2.58. The van der Waals surface area contributed by atoms with Crippen LogP contribution in [0.2, 0.25) is 5.02 Å². The highest BCUT2D eigenvalue weighted by Crippen LogP contribution is 2.25. The van der Waals surface area contributed by atoms with E-state index in [0.29, 0.717) is 11.3 Å². The van der Waals surface area contributed by atoms with Crippen LogP contribution in [-0.2, 0) is 11.2 Å². The quantitative estimate of drug-likeness (QED) is 0.564. The highest BCUT2D eigenvalue weighted by Gasteiger charge is 2.23. The molecule has 2 amide bonds. The Morgan fingerprint density at radius 2 is 2.00 bits per heavy atom. The third-order valence-electron chi connectivity index (χ3n) is 3.67. The molecule has 0 saturated heterocycles. The number of nitrogens with two attached hydrogens (primary N) is 1. The summed E-state index contributed by atoms with van der Waals surface area (Å²) in [4.78, 5) is 34.5. The van der Waals surface area contributed by atoms with Crippen molar-refractivity contribution in [1.82, 2.24) is 5.32 Å². The standard InChI is InChI=1S/C17H16ClN3O5/c1-26-15-7-6-11(21(24)25)8-10(15)9-14(16(19)22)20-17(23)12-4-2-3-5-13(12)18/h2-8,14H,9H2,1H3,(H2,19,22)(H,20,23)/t14-/m0/s1. The summed E-state index contributed by atoms with van der Waals surface area (Å²) < 4.78 is 5.16. The van der Waals surface area contributed by atoms with E-state index in [-0.39, 0.29) is 22.7 Å². The topological polar surface area (TPSA) is 125 Å². The van der Waals surface area contributed by atoms with Gasteiger partial charge in [0.15, 0.2) is 0 Å². The van der Waals surface area contributed by atoms with E-state index in [0.717, 1.165) is 0 Å². The summed E-state index contributed by atoms with van der Waals surface area (Å²) in [6.45, 7) is 0. The molecule has 0 aliphatic rings. The van der Waals surface area contributed by atoms with Gasteiger partial charge in [0, 0.05) is 24.1 Å². The van der Waals surface area contributed by atoms with Crippen LogP contribution >= 0.6 is 11.6 Å². The minimum Gasteiger partial charge on any atom is -0.496 e. The van der Waals surface area contributed by atoms with E-state index in [4.69, 9.17) is 22.1 Å². The largest absolute Gasteiger partial charge is 0.496 e. The van der Waals surface area contributed by atoms with Crippen molar-refractivity contribution < 1.29 is 19.2 Å². The zero-order valence-corrected chi connectivity index (χ0v) is 14.5. The number of amides is 2. The van der Waals surface area contributed by atoms with Crippen LogP contribution in [-0.4, -0.2) is 29.9 Å². The number of nitrogens with one attached hydrogen (secondary N) is 1. The summed E-state index contributed by atoms with van der Waals surface area (Å²) in [7, 11) is 1.40. The molecular weight excluding hydrogens is 362 g/mol. The van der Waals surface area contributed by atoms with Crippen LogP contribution < -0.4 is 15.8 Å². The SMILES string of the molecule is COc1ccc([N+](=O)[O-])cc1C[C@H](NC(=O)c1ccccc1Cl)C(N)=O. The molecule has 9 heteroatoms. The molecule has 2 rings (SSSR count). The number of benzene rings is 2. The molecule has 0 heterocycles. The van der Waals surface area contributed by atoms with Crippen molar-refractivity contribution in [2.45, 2.75) is 12.5 Å². The number of ether oxygens (including phenoxy) is 1. The first kappa shape index (κ1) is 19.2. The summed E-state index contributed by atoms with van der Waals surface area (Å²) in [5, 5.41) is 13.7. The zero-order valence-electron chi connectivity index (χ0n) is 13.8. The number of nitrogens with zero attached hydrogens (tertiary/aromatic N) is 1. The average Bonchev–Trinajstić information content (AvgIpc) is 2.61. The van der Waals surface area contributed by atoms with Gasteiger partial charge in [-0.2, -0.15) is 0 Å². The van der Waals surface area contributed by atoms with Crippen LogP contribution in [0.1, 0.15) is 15.9 Å². The van der Waals surface area contributed by atoms with Crippen LogP contribution in [0.5, 0.6) is 5.75 Å². The van der Waals surface area contributed by atoms with E-state index < -0.39 is 22.8 Å². The maximum absolute atomic E-state index is 12.4. The number of methoxy groups -OCH3 is 1. The summed E-state index contributed by atoms with van der Waals surface area (Å²) in [6, 6.07) is 9.21. The van der Waals surface area contributed by atoms with Gasteiger partial charge in [-0.3, -0.25) is 19.7 Å². The van der Waals surface area contributed by atoms with Crippen molar-refractivity contribution >= 4 is 29.1 Å². The lowest BCUT2D eigenvalue weighted by atomic mass is 10.0. The molecule has 26 heavy (non-hydrogen) atoms. The molecule has 3 N–H and O–H groups in total. The number of carbonyl (C=O) groups is 2. The van der Waals surface area contributed by atoms with E-state index >= 15 is 0 Å². The second-order valence-electron chi connectivity index (χ2n) is 5.37. The molecular formula is C17H16ClN3O5. The minimum atomic E-state index is -1.10. The molecule has 2 aromatic rings. The Labute approximate surface area is 154 Å². The fourth-order valence-electron chi connectivity index (χ4n) is 2.36. The number of primary amides is 1. The predicted molar refractivity (Wildman–Crippen MR) is 95.3 cm³/mol. The smallest absolute Gasteiger partial charge is 0.269 e. The van der Waals surface area contributed by atoms with Crippen molar-refractivity contribution in [3.63, 3.8) is 0 Å². The number of rotatable bonds is 7. The lowest BCUT2D eigenvalue weighted by Gasteiger charge is -2.17. The van der Waals surface area contributed by atoms with Gasteiger partial charge in [-0.15, -0.1) is 0 Å². The van der Waals surface area contributed by atoms with Crippen molar-refractivity contribution in [1.29, 1.82) is 0 Å². The monoisotopic (exact) mass is 377 g/mol. The molecule has 2 aromatic carbocycles. The fraction of sp³-hybridized carbons (Fsp3) is 0.176. The van der Waals surface area contributed by atoms with E-state index in [1.54, 1.807) is 18.2 Å². The third kappa shape index (κ3) is 4.48. The van der Waals surface area contributed by atoms with E-state index in [2.05, 4.69) is 5.32 Å². The molecule has 0 spiro atoms. The molecule has 0 aliphatic carbocycles. The number of carbonyl (C=O) groups excluding carboxylic acids is 2. The van der Waals surface area contributed by atoms with E-state index in [9.17, 15) is 19.7 Å². The first-order valence-corrected chi connectivity index (χ1v) is 7.87. The Kier molecular flexibility index (Phi) is 6.13. The second kappa shape index (κ2) is 8.30. The van der Waals surface area contributed by atoms with E-state index in [1.165, 1.54) is 31.4 Å². The Bertz CT molecular complexity index is 856. The highest BCUT2D eigenvalue weighted by molar-refractivity contribution is 6.33. The van der Waals surface area contributed by atoms with Crippen LogP contribution in [0.25, 0.3) is 0 Å². The third-order valence-corrected chi connectivity index (χ3v) is 4.00. The molecule has 0 saturated carbocycles. The number of hydrogen-bond donors (Lipinski definition) is 2. The summed E-state index contributed by atoms with van der Waals surface area (Å²) >= 11 is 5.97. The molecule has 0 bridgehead atoms. The molecule has 0 aliphatic heterocycles. The van der Waals surface area contributed by atoms with E-state index in [1.807, 2.05) is 0 Å². The minimum absolute atomic E-state index is 0.0730. The van der Waals surface area contributed by atoms with Crippen LogP contribution in [0.3, 0.4) is 0 Å². The molecule has 136 valence electrons. The molecule has 0 unspecified atom stereocenters. The number of halogens is 1. The lowest BCUT2D eigenvalue weighted by molar-refractivity contribution is -0.384. The van der Waals surface area contributed by atoms with Crippen molar-refractivity contribution in [2.75, 3.05) is 7.11 Å². The Hall–Kier alpha value is -3.13. The summed E-state index contributed by atoms with van der Waals surface area (Å²) in [6.07, 6.45) is -0.0730. The molecule has 0 radical (unpaired) electrons. The van der Waals surface area contributed by atoms with Crippen molar-refractivity contribution in [3.8, 4) is 5.75 Å². The van der Waals surface area contributed by atoms with Gasteiger partial charge in [0.1, 0.15) is 11.8 Å². The second-order valence-corrected chi connectivity index (χ2v) is 5.77. The van der Waals surface area contributed by atoms with Crippen LogP contribution in [0.4, 0.5) is 5.69 Å². The van der Waals surface area contributed by atoms with Gasteiger partial charge in [0.25, 0.3) is 11.6 Å². The maximum Gasteiger partial charge on any atom is 0.269 e. The number of nitro groups is 1. The first-order chi connectivity index (χ1) is 12.3. The average molecular weight is 378 g/mol. The lowest BCUT2D eigenvalue weighted by Crippen LogP contribution is -2.46. The summed E-state index contributed by atoms with van der Waals surface area (Å²) in [5.74, 6) is -1.03. The number of non-ortho nitro benzene ring substituents is 1. The zero-order chi connectivity index (χ0) is 19.3. The maximum atomic E-state index is 12.4. The van der Waals surface area contributed by atoms with Gasteiger partial charge in [-0.25, -0.2) is 0 Å². The van der Waals surface area contributed by atoms with Gasteiger partial charge < -0.3 is 15.8 Å². The van der Waals surface area contributed by atoms with Gasteiger partial charge in [-0.05, 0) is 18.2 Å². The van der Waals surface area contributed by atoms with Crippen molar-refractivity contribution in [3.05, 3.63) is 68.7 Å². The Balaban J connectivity index is 2.27.